The number of non-ortho nitro benzene ring substituents is 1. The van der Waals surface area contributed by atoms with Crippen LogP contribution in [0.4, 0.5) is 11.4 Å². The van der Waals surface area contributed by atoms with Gasteiger partial charge in [-0.3, -0.25) is 19.7 Å². The number of hydrogen-bond donors (Lipinski definition) is 1. The van der Waals surface area contributed by atoms with Crippen molar-refractivity contribution in [3.8, 4) is 0 Å². The summed E-state index contributed by atoms with van der Waals surface area (Å²) in [5.41, 5.74) is 0.694. The molecule has 1 N–H and O–H groups in total. The topological polar surface area (TPSA) is 98.5 Å². The van der Waals surface area contributed by atoms with Crippen LogP contribution in [0.3, 0.4) is 0 Å². The van der Waals surface area contributed by atoms with Gasteiger partial charge in [-0.1, -0.05) is 62.2 Å². The zero-order chi connectivity index (χ0) is 20.7. The molecule has 1 amide bonds. The summed E-state index contributed by atoms with van der Waals surface area (Å²) < 4.78 is 5.21. The van der Waals surface area contributed by atoms with E-state index in [4.69, 9.17) is 16.3 Å². The second kappa shape index (κ2) is 9.85. The standard InChI is InChI=1S/C20H21ClN2O5/c1-3-13(2)19(14-7-5-4-6-8-14)20(25)28-12-18(24)22-17-11-15(23(26)27)9-10-16(17)21/h4-11,13,19H,3,12H2,1-2H3,(H,22,24). The van der Waals surface area contributed by atoms with Gasteiger partial charge in [0.15, 0.2) is 6.61 Å². The van der Waals surface area contributed by atoms with Crippen LogP contribution in [0.2, 0.25) is 5.02 Å². The quantitative estimate of drug-likeness (QED) is 0.395. The number of anilines is 1. The summed E-state index contributed by atoms with van der Waals surface area (Å²) in [6.07, 6.45) is 0.768. The molecule has 148 valence electrons. The Labute approximate surface area is 167 Å². The molecule has 28 heavy (non-hydrogen) atoms. The first-order chi connectivity index (χ1) is 13.3. The maximum atomic E-state index is 12.6. The smallest absolute Gasteiger partial charge is 0.314 e. The van der Waals surface area contributed by atoms with Crippen LogP contribution < -0.4 is 5.32 Å². The monoisotopic (exact) mass is 404 g/mol. The summed E-state index contributed by atoms with van der Waals surface area (Å²) in [7, 11) is 0. The first kappa shape index (κ1) is 21.4. The van der Waals surface area contributed by atoms with Crippen molar-refractivity contribution in [2.24, 2.45) is 5.92 Å². The van der Waals surface area contributed by atoms with Gasteiger partial charge in [-0.05, 0) is 17.5 Å². The zero-order valence-corrected chi connectivity index (χ0v) is 16.3. The number of hydrogen-bond acceptors (Lipinski definition) is 5. The van der Waals surface area contributed by atoms with Gasteiger partial charge in [0.2, 0.25) is 0 Å². The molecule has 0 aliphatic carbocycles. The lowest BCUT2D eigenvalue weighted by molar-refractivity contribution is -0.384. The average molecular weight is 405 g/mol. The highest BCUT2D eigenvalue weighted by molar-refractivity contribution is 6.33. The molecule has 0 saturated carbocycles. The van der Waals surface area contributed by atoms with Crippen molar-refractivity contribution in [2.45, 2.75) is 26.2 Å². The fraction of sp³-hybridized carbons (Fsp3) is 0.300. The Hall–Kier alpha value is -2.93. The van der Waals surface area contributed by atoms with Crippen molar-refractivity contribution in [1.29, 1.82) is 0 Å². The summed E-state index contributed by atoms with van der Waals surface area (Å²) in [5.74, 6) is -1.59. The van der Waals surface area contributed by atoms with Gasteiger partial charge in [-0.2, -0.15) is 0 Å². The van der Waals surface area contributed by atoms with E-state index in [1.807, 2.05) is 44.2 Å². The molecule has 7 nitrogen and oxygen atoms in total. The lowest BCUT2D eigenvalue weighted by atomic mass is 9.86. The fourth-order valence-corrected chi connectivity index (χ4v) is 2.89. The highest BCUT2D eigenvalue weighted by atomic mass is 35.5. The average Bonchev–Trinajstić information content (AvgIpc) is 2.68. The number of carbonyl (C=O) groups is 2. The van der Waals surface area contributed by atoms with E-state index < -0.39 is 29.3 Å². The molecular formula is C20H21ClN2O5. The Morgan fingerprint density at radius 3 is 2.50 bits per heavy atom. The van der Waals surface area contributed by atoms with Crippen LogP contribution in [-0.2, 0) is 14.3 Å². The number of nitro benzene ring substituents is 1. The molecule has 0 aromatic heterocycles. The predicted octanol–water partition coefficient (Wildman–Crippen LogP) is 4.56. The molecule has 2 aromatic carbocycles. The minimum atomic E-state index is -0.633. The minimum Gasteiger partial charge on any atom is -0.455 e. The highest BCUT2D eigenvalue weighted by Crippen LogP contribution is 2.29. The Balaban J connectivity index is 2.04. The van der Waals surface area contributed by atoms with Gasteiger partial charge < -0.3 is 10.1 Å². The fourth-order valence-electron chi connectivity index (χ4n) is 2.73. The van der Waals surface area contributed by atoms with E-state index in [9.17, 15) is 19.7 Å². The molecule has 0 aliphatic rings. The molecule has 2 aromatic rings. The van der Waals surface area contributed by atoms with Gasteiger partial charge in [0.05, 0.1) is 21.6 Å². The van der Waals surface area contributed by atoms with Crippen molar-refractivity contribution in [3.63, 3.8) is 0 Å². The highest BCUT2D eigenvalue weighted by Gasteiger charge is 2.27. The number of carbonyl (C=O) groups excluding carboxylic acids is 2. The second-order valence-electron chi connectivity index (χ2n) is 6.35. The van der Waals surface area contributed by atoms with E-state index in [0.717, 1.165) is 18.1 Å². The van der Waals surface area contributed by atoms with E-state index in [1.165, 1.54) is 12.1 Å². The molecule has 2 atom stereocenters. The minimum absolute atomic E-state index is 0.0316. The van der Waals surface area contributed by atoms with Crippen LogP contribution in [0, 0.1) is 16.0 Å². The largest absolute Gasteiger partial charge is 0.455 e. The predicted molar refractivity (Wildman–Crippen MR) is 106 cm³/mol. The van der Waals surface area contributed by atoms with Crippen molar-refractivity contribution in [3.05, 3.63) is 69.2 Å². The molecule has 2 unspecified atom stereocenters. The number of esters is 1. The van der Waals surface area contributed by atoms with Crippen molar-refractivity contribution < 1.29 is 19.2 Å². The Morgan fingerprint density at radius 2 is 1.89 bits per heavy atom. The third-order valence-corrected chi connectivity index (χ3v) is 4.74. The van der Waals surface area contributed by atoms with Crippen molar-refractivity contribution in [1.82, 2.24) is 0 Å². The van der Waals surface area contributed by atoms with Crippen LogP contribution in [-0.4, -0.2) is 23.4 Å². The number of benzene rings is 2. The van der Waals surface area contributed by atoms with Gasteiger partial charge >= 0.3 is 5.97 Å². The van der Waals surface area contributed by atoms with E-state index in [1.54, 1.807) is 0 Å². The lowest BCUT2D eigenvalue weighted by Crippen LogP contribution is -2.27. The molecule has 0 spiro atoms. The van der Waals surface area contributed by atoms with Gasteiger partial charge in [0.1, 0.15) is 0 Å². The Morgan fingerprint density at radius 1 is 1.21 bits per heavy atom. The van der Waals surface area contributed by atoms with Crippen LogP contribution in [0.15, 0.2) is 48.5 Å². The van der Waals surface area contributed by atoms with E-state index in [-0.39, 0.29) is 22.3 Å². The number of ether oxygens (including phenoxy) is 1. The van der Waals surface area contributed by atoms with Gasteiger partial charge in [-0.15, -0.1) is 0 Å². The Bertz CT molecular complexity index is 857. The van der Waals surface area contributed by atoms with Gasteiger partial charge in [0, 0.05) is 12.1 Å². The van der Waals surface area contributed by atoms with Crippen LogP contribution in [0.1, 0.15) is 31.7 Å². The number of halogens is 1. The molecule has 0 aliphatic heterocycles. The van der Waals surface area contributed by atoms with Crippen LogP contribution in [0.5, 0.6) is 0 Å². The summed E-state index contributed by atoms with van der Waals surface area (Å²) in [5, 5.41) is 13.4. The number of rotatable bonds is 8. The molecule has 0 radical (unpaired) electrons. The molecule has 8 heteroatoms. The summed E-state index contributed by atoms with van der Waals surface area (Å²) in [6, 6.07) is 12.9. The maximum absolute atomic E-state index is 12.6. The van der Waals surface area contributed by atoms with E-state index in [2.05, 4.69) is 5.32 Å². The molecule has 0 saturated heterocycles. The van der Waals surface area contributed by atoms with Crippen LogP contribution in [0.25, 0.3) is 0 Å². The Kier molecular flexibility index (Phi) is 7.52. The molecule has 2 rings (SSSR count). The van der Waals surface area contributed by atoms with Crippen molar-refractivity contribution >= 4 is 34.9 Å². The van der Waals surface area contributed by atoms with Crippen molar-refractivity contribution in [2.75, 3.05) is 11.9 Å². The number of nitrogens with one attached hydrogen (secondary N) is 1. The van der Waals surface area contributed by atoms with Gasteiger partial charge in [0.25, 0.3) is 11.6 Å². The summed E-state index contributed by atoms with van der Waals surface area (Å²) in [6.45, 7) is 3.41. The second-order valence-corrected chi connectivity index (χ2v) is 6.76. The normalized spacial score (nSPS) is 12.7. The summed E-state index contributed by atoms with van der Waals surface area (Å²) >= 11 is 5.95. The third kappa shape index (κ3) is 5.53. The first-order valence-electron chi connectivity index (χ1n) is 8.78. The zero-order valence-electron chi connectivity index (χ0n) is 15.6. The molecule has 0 heterocycles. The molecule has 0 fully saturated rings. The van der Waals surface area contributed by atoms with Crippen LogP contribution >= 0.6 is 11.6 Å². The number of nitro groups is 1. The number of nitrogens with zero attached hydrogens (tertiary/aromatic N) is 1. The molecule has 0 bridgehead atoms. The third-order valence-electron chi connectivity index (χ3n) is 4.41. The van der Waals surface area contributed by atoms with Gasteiger partial charge in [-0.25, -0.2) is 0 Å². The van der Waals surface area contributed by atoms with E-state index >= 15 is 0 Å². The maximum Gasteiger partial charge on any atom is 0.314 e. The number of amides is 1. The summed E-state index contributed by atoms with van der Waals surface area (Å²) in [4.78, 5) is 35.0. The SMILES string of the molecule is CCC(C)C(C(=O)OCC(=O)Nc1cc([N+](=O)[O-])ccc1Cl)c1ccccc1. The molecular weight excluding hydrogens is 384 g/mol. The van der Waals surface area contributed by atoms with E-state index in [0.29, 0.717) is 0 Å². The lowest BCUT2D eigenvalue weighted by Gasteiger charge is -2.21. The first-order valence-corrected chi connectivity index (χ1v) is 9.16.